The molecule has 21 heavy (non-hydrogen) atoms. The molecule has 1 amide bonds. The molecule has 3 heterocycles. The Balaban J connectivity index is 1.85. The van der Waals surface area contributed by atoms with Gasteiger partial charge in [0.1, 0.15) is 5.69 Å². The number of nitrogens with zero attached hydrogens (tertiary/aromatic N) is 3. The molecular weight excluding hydrogens is 264 g/mol. The smallest absolute Gasteiger partial charge is 0.274 e. The molecule has 2 aliphatic heterocycles. The van der Waals surface area contributed by atoms with E-state index in [1.165, 1.54) is 12.8 Å². The zero-order chi connectivity index (χ0) is 14.9. The molecule has 0 spiro atoms. The maximum atomic E-state index is 12.8. The molecule has 1 aromatic rings. The quantitative estimate of drug-likeness (QED) is 0.858. The molecule has 0 radical (unpaired) electrons. The monoisotopic (exact) mass is 288 g/mol. The molecule has 5 nitrogen and oxygen atoms in total. The van der Waals surface area contributed by atoms with Crippen molar-refractivity contribution in [3.8, 4) is 0 Å². The van der Waals surface area contributed by atoms with Gasteiger partial charge >= 0.3 is 0 Å². The summed E-state index contributed by atoms with van der Waals surface area (Å²) in [5, 5.41) is 3.68. The van der Waals surface area contributed by atoms with Crippen LogP contribution in [-0.4, -0.2) is 45.4 Å². The van der Waals surface area contributed by atoms with Gasteiger partial charge in [0, 0.05) is 24.3 Å². The third-order valence-corrected chi connectivity index (χ3v) is 4.90. The van der Waals surface area contributed by atoms with Gasteiger partial charge in [0.15, 0.2) is 0 Å². The average molecular weight is 288 g/mol. The second-order valence-electron chi connectivity index (χ2n) is 6.50. The van der Waals surface area contributed by atoms with Crippen LogP contribution < -0.4 is 5.32 Å². The van der Waals surface area contributed by atoms with Crippen LogP contribution >= 0.6 is 0 Å². The maximum absolute atomic E-state index is 12.8. The molecule has 2 atom stereocenters. The highest BCUT2D eigenvalue weighted by atomic mass is 16.2. The molecule has 0 unspecified atom stereocenters. The zero-order valence-electron chi connectivity index (χ0n) is 12.9. The molecule has 0 aliphatic carbocycles. The van der Waals surface area contributed by atoms with Gasteiger partial charge in [0.25, 0.3) is 5.91 Å². The standard InChI is InChI=1S/C16H24N4O/c1-12-10-18-13(11-17-12)15(21)20-9-5-7-16(2)14(20)6-3-4-8-19-16/h10-11,14,19H,3-9H2,1-2H3/t14-,16-/m0/s1. The van der Waals surface area contributed by atoms with Crippen LogP contribution in [0.5, 0.6) is 0 Å². The van der Waals surface area contributed by atoms with Gasteiger partial charge in [-0.1, -0.05) is 6.42 Å². The van der Waals surface area contributed by atoms with Gasteiger partial charge < -0.3 is 10.2 Å². The Bertz CT molecular complexity index is 516. The largest absolute Gasteiger partial charge is 0.332 e. The van der Waals surface area contributed by atoms with Crippen molar-refractivity contribution in [2.45, 2.75) is 57.5 Å². The summed E-state index contributed by atoms with van der Waals surface area (Å²) >= 11 is 0. The first kappa shape index (κ1) is 14.4. The highest BCUT2D eigenvalue weighted by Gasteiger charge is 2.43. The number of aromatic nitrogens is 2. The summed E-state index contributed by atoms with van der Waals surface area (Å²) in [6.07, 6.45) is 8.91. The van der Waals surface area contributed by atoms with E-state index in [0.29, 0.717) is 5.69 Å². The Morgan fingerprint density at radius 1 is 1.33 bits per heavy atom. The highest BCUT2D eigenvalue weighted by molar-refractivity contribution is 5.92. The summed E-state index contributed by atoms with van der Waals surface area (Å²) in [6.45, 7) is 6.04. The Hall–Kier alpha value is -1.49. The number of carbonyl (C=O) groups excluding carboxylic acids is 1. The van der Waals surface area contributed by atoms with Crippen LogP contribution in [0.4, 0.5) is 0 Å². The lowest BCUT2D eigenvalue weighted by Crippen LogP contribution is -2.62. The number of nitrogens with one attached hydrogen (secondary N) is 1. The Morgan fingerprint density at radius 2 is 2.19 bits per heavy atom. The maximum Gasteiger partial charge on any atom is 0.274 e. The van der Waals surface area contributed by atoms with Crippen molar-refractivity contribution in [3.05, 3.63) is 23.8 Å². The minimum atomic E-state index is 0.0297. The third kappa shape index (κ3) is 2.79. The van der Waals surface area contributed by atoms with E-state index in [2.05, 4.69) is 22.2 Å². The van der Waals surface area contributed by atoms with Crippen molar-refractivity contribution in [2.24, 2.45) is 0 Å². The summed E-state index contributed by atoms with van der Waals surface area (Å²) in [5.41, 5.74) is 1.35. The van der Waals surface area contributed by atoms with Crippen molar-refractivity contribution in [1.29, 1.82) is 0 Å². The van der Waals surface area contributed by atoms with E-state index in [9.17, 15) is 4.79 Å². The molecule has 3 rings (SSSR count). The van der Waals surface area contributed by atoms with Crippen molar-refractivity contribution >= 4 is 5.91 Å². The lowest BCUT2D eigenvalue weighted by Gasteiger charge is -2.48. The molecule has 2 fully saturated rings. The van der Waals surface area contributed by atoms with E-state index in [0.717, 1.165) is 38.0 Å². The van der Waals surface area contributed by atoms with Crippen LogP contribution in [0.25, 0.3) is 0 Å². The minimum Gasteiger partial charge on any atom is -0.332 e. The van der Waals surface area contributed by atoms with E-state index in [1.807, 2.05) is 11.8 Å². The number of fused-ring (bicyclic) bond motifs is 1. The Kier molecular flexibility index (Phi) is 3.93. The summed E-state index contributed by atoms with van der Waals surface area (Å²) in [7, 11) is 0. The molecule has 5 heteroatoms. The fourth-order valence-corrected chi connectivity index (χ4v) is 3.69. The molecule has 1 aromatic heterocycles. The first-order chi connectivity index (χ1) is 10.1. The first-order valence-electron chi connectivity index (χ1n) is 7.95. The number of likely N-dealkylation sites (tertiary alicyclic amines) is 1. The van der Waals surface area contributed by atoms with Crippen molar-refractivity contribution in [3.63, 3.8) is 0 Å². The van der Waals surface area contributed by atoms with E-state index < -0.39 is 0 Å². The number of aryl methyl sites for hydroxylation is 1. The summed E-state index contributed by atoms with van der Waals surface area (Å²) < 4.78 is 0. The lowest BCUT2D eigenvalue weighted by molar-refractivity contribution is 0.0374. The third-order valence-electron chi connectivity index (χ3n) is 4.90. The van der Waals surface area contributed by atoms with E-state index in [-0.39, 0.29) is 17.5 Å². The minimum absolute atomic E-state index is 0.0297. The fraction of sp³-hybridized carbons (Fsp3) is 0.688. The van der Waals surface area contributed by atoms with Crippen molar-refractivity contribution < 1.29 is 4.79 Å². The van der Waals surface area contributed by atoms with Crippen LogP contribution in [0.15, 0.2) is 12.4 Å². The molecule has 2 aliphatic rings. The normalized spacial score (nSPS) is 29.6. The Morgan fingerprint density at radius 3 is 2.95 bits per heavy atom. The van der Waals surface area contributed by atoms with Crippen molar-refractivity contribution in [2.75, 3.05) is 13.1 Å². The topological polar surface area (TPSA) is 58.1 Å². The van der Waals surface area contributed by atoms with Gasteiger partial charge in [-0.2, -0.15) is 0 Å². The first-order valence-corrected chi connectivity index (χ1v) is 7.95. The van der Waals surface area contributed by atoms with Gasteiger partial charge in [-0.05, 0) is 46.1 Å². The van der Waals surface area contributed by atoms with Gasteiger partial charge in [-0.15, -0.1) is 0 Å². The van der Waals surface area contributed by atoms with Crippen LogP contribution in [0.1, 0.15) is 55.2 Å². The van der Waals surface area contributed by atoms with Crippen LogP contribution in [0, 0.1) is 6.92 Å². The second-order valence-corrected chi connectivity index (χ2v) is 6.50. The molecule has 1 N–H and O–H groups in total. The van der Waals surface area contributed by atoms with Gasteiger partial charge in [-0.25, -0.2) is 4.98 Å². The number of amides is 1. The van der Waals surface area contributed by atoms with Gasteiger partial charge in [-0.3, -0.25) is 9.78 Å². The summed E-state index contributed by atoms with van der Waals surface area (Å²) in [4.78, 5) is 23.3. The Labute approximate surface area is 126 Å². The van der Waals surface area contributed by atoms with Crippen LogP contribution in [-0.2, 0) is 0 Å². The van der Waals surface area contributed by atoms with Crippen molar-refractivity contribution in [1.82, 2.24) is 20.2 Å². The van der Waals surface area contributed by atoms with E-state index in [4.69, 9.17) is 0 Å². The molecular formula is C16H24N4O. The molecule has 2 saturated heterocycles. The van der Waals surface area contributed by atoms with Crippen LogP contribution in [0.2, 0.25) is 0 Å². The summed E-state index contributed by atoms with van der Waals surface area (Å²) in [6, 6.07) is 0.268. The van der Waals surface area contributed by atoms with Gasteiger partial charge in [0.05, 0.1) is 11.9 Å². The summed E-state index contributed by atoms with van der Waals surface area (Å²) in [5.74, 6) is 0.0297. The molecule has 114 valence electrons. The van der Waals surface area contributed by atoms with Gasteiger partial charge in [0.2, 0.25) is 0 Å². The molecule has 0 saturated carbocycles. The second kappa shape index (κ2) is 5.72. The average Bonchev–Trinajstić information content (AvgIpc) is 2.68. The van der Waals surface area contributed by atoms with Crippen LogP contribution in [0.3, 0.4) is 0 Å². The lowest BCUT2D eigenvalue weighted by atomic mass is 9.81. The number of hydrogen-bond acceptors (Lipinski definition) is 4. The van der Waals surface area contributed by atoms with E-state index >= 15 is 0 Å². The predicted octanol–water partition coefficient (Wildman–Crippen LogP) is 1.92. The number of rotatable bonds is 1. The fourth-order valence-electron chi connectivity index (χ4n) is 3.69. The number of carbonyl (C=O) groups is 1. The molecule has 0 aromatic carbocycles. The van der Waals surface area contributed by atoms with E-state index in [1.54, 1.807) is 12.4 Å². The molecule has 0 bridgehead atoms. The predicted molar refractivity (Wildman–Crippen MR) is 81.1 cm³/mol. The highest BCUT2D eigenvalue weighted by Crippen LogP contribution is 2.33. The SMILES string of the molecule is Cc1cnc(C(=O)N2CCC[C@]3(C)NCCCC[C@H]23)cn1. The number of piperidine rings is 1. The zero-order valence-corrected chi connectivity index (χ0v) is 12.9. The number of hydrogen-bond donors (Lipinski definition) is 1.